The summed E-state index contributed by atoms with van der Waals surface area (Å²) in [4.78, 5) is 7.91. The molecule has 0 saturated carbocycles. The maximum absolute atomic E-state index is 5.87. The van der Waals surface area contributed by atoms with Gasteiger partial charge < -0.3 is 11.1 Å². The van der Waals surface area contributed by atoms with Crippen molar-refractivity contribution in [3.63, 3.8) is 0 Å². The van der Waals surface area contributed by atoms with E-state index in [0.29, 0.717) is 11.5 Å². The minimum Gasteiger partial charge on any atom is -0.393 e. The highest BCUT2D eigenvalue weighted by molar-refractivity contribution is 6.32. The van der Waals surface area contributed by atoms with E-state index in [1.807, 2.05) is 42.5 Å². The number of hydrogen-bond donors (Lipinski definition) is 2. The van der Waals surface area contributed by atoms with Gasteiger partial charge in [0.05, 0.1) is 0 Å². The summed E-state index contributed by atoms with van der Waals surface area (Å²) in [5, 5.41) is 3.38. The lowest BCUT2D eigenvalue weighted by atomic mass is 10.1. The van der Waals surface area contributed by atoms with E-state index in [1.54, 1.807) is 0 Å². The average molecular weight is 297 g/mol. The van der Waals surface area contributed by atoms with Crippen LogP contribution in [0.25, 0.3) is 11.1 Å². The summed E-state index contributed by atoms with van der Waals surface area (Å²) in [6.07, 6.45) is 1.37. The first-order chi connectivity index (χ1) is 10.2. The van der Waals surface area contributed by atoms with E-state index < -0.39 is 0 Å². The second-order valence-electron chi connectivity index (χ2n) is 4.50. The highest BCUT2D eigenvalue weighted by Crippen LogP contribution is 2.27. The van der Waals surface area contributed by atoms with Crippen molar-refractivity contribution in [1.29, 1.82) is 0 Å². The van der Waals surface area contributed by atoms with Gasteiger partial charge in [0, 0.05) is 5.69 Å². The monoisotopic (exact) mass is 296 g/mol. The van der Waals surface area contributed by atoms with Crippen molar-refractivity contribution < 1.29 is 0 Å². The van der Waals surface area contributed by atoms with Crippen LogP contribution in [-0.4, -0.2) is 9.97 Å². The van der Waals surface area contributed by atoms with Crippen molar-refractivity contribution in [2.45, 2.75) is 0 Å². The van der Waals surface area contributed by atoms with Crippen molar-refractivity contribution >= 4 is 28.8 Å². The van der Waals surface area contributed by atoms with Crippen LogP contribution in [0.3, 0.4) is 0 Å². The van der Waals surface area contributed by atoms with Gasteiger partial charge in [-0.3, -0.25) is 0 Å². The van der Waals surface area contributed by atoms with Gasteiger partial charge in [0.25, 0.3) is 0 Å². The van der Waals surface area contributed by atoms with Crippen LogP contribution in [0, 0.1) is 0 Å². The zero-order chi connectivity index (χ0) is 14.7. The zero-order valence-electron chi connectivity index (χ0n) is 11.1. The van der Waals surface area contributed by atoms with Crippen LogP contribution in [0.5, 0.6) is 0 Å². The Morgan fingerprint density at radius 2 is 1.52 bits per heavy atom. The number of rotatable bonds is 3. The van der Waals surface area contributed by atoms with Gasteiger partial charge >= 0.3 is 0 Å². The van der Waals surface area contributed by atoms with Crippen LogP contribution in [0.1, 0.15) is 0 Å². The van der Waals surface area contributed by atoms with Gasteiger partial charge in [-0.15, -0.1) is 0 Å². The van der Waals surface area contributed by atoms with Crippen molar-refractivity contribution in [3.8, 4) is 11.1 Å². The summed E-state index contributed by atoms with van der Waals surface area (Å²) in [5.74, 6) is 0.502. The maximum atomic E-state index is 5.87. The van der Waals surface area contributed by atoms with Crippen molar-refractivity contribution in [3.05, 3.63) is 66.1 Å². The number of halogens is 1. The highest BCUT2D eigenvalue weighted by Gasteiger charge is 2.06. The molecule has 0 radical (unpaired) electrons. The Labute approximate surface area is 127 Å². The zero-order valence-corrected chi connectivity index (χ0v) is 11.9. The minimum atomic E-state index is 0.244. The molecule has 0 aliphatic carbocycles. The number of nitrogens with zero attached hydrogens (tertiary/aromatic N) is 2. The Morgan fingerprint density at radius 3 is 2.24 bits per heavy atom. The number of anilines is 3. The van der Waals surface area contributed by atoms with Gasteiger partial charge in [-0.1, -0.05) is 54.1 Å². The van der Waals surface area contributed by atoms with Crippen LogP contribution < -0.4 is 11.1 Å². The molecule has 0 saturated heterocycles. The highest BCUT2D eigenvalue weighted by atomic mass is 35.5. The lowest BCUT2D eigenvalue weighted by molar-refractivity contribution is 1.17. The largest absolute Gasteiger partial charge is 0.393 e. The van der Waals surface area contributed by atoms with Gasteiger partial charge in [0.2, 0.25) is 0 Å². The lowest BCUT2D eigenvalue weighted by Gasteiger charge is -2.09. The third kappa shape index (κ3) is 2.95. The van der Waals surface area contributed by atoms with Crippen LogP contribution >= 0.6 is 11.6 Å². The number of nitrogen functional groups attached to an aromatic ring is 1. The fourth-order valence-corrected chi connectivity index (χ4v) is 2.12. The first kappa shape index (κ1) is 13.4. The predicted octanol–water partition coefficient (Wildman–Crippen LogP) is 4.12. The topological polar surface area (TPSA) is 63.8 Å². The molecular formula is C16H13ClN4. The standard InChI is InChI=1S/C16H13ClN4/c17-15-14(18)16(20-10-19-15)21-13-8-6-12(7-9-13)11-4-2-1-3-5-11/h1-10H,18H2,(H,19,20,21). The molecule has 21 heavy (non-hydrogen) atoms. The number of hydrogen-bond acceptors (Lipinski definition) is 4. The van der Waals surface area contributed by atoms with E-state index in [9.17, 15) is 0 Å². The van der Waals surface area contributed by atoms with E-state index >= 15 is 0 Å². The summed E-state index contributed by atoms with van der Waals surface area (Å²) < 4.78 is 0. The van der Waals surface area contributed by atoms with Gasteiger partial charge in [-0.05, 0) is 23.3 Å². The molecule has 104 valence electrons. The molecule has 3 N–H and O–H groups in total. The van der Waals surface area contributed by atoms with Crippen LogP contribution in [-0.2, 0) is 0 Å². The third-order valence-electron chi connectivity index (χ3n) is 3.09. The molecule has 0 spiro atoms. The second kappa shape index (κ2) is 5.81. The molecule has 0 fully saturated rings. The number of nitrogens with two attached hydrogens (primary N) is 1. The fourth-order valence-electron chi connectivity index (χ4n) is 1.99. The van der Waals surface area contributed by atoms with Crippen molar-refractivity contribution in [2.24, 2.45) is 0 Å². The average Bonchev–Trinajstić information content (AvgIpc) is 2.53. The van der Waals surface area contributed by atoms with Crippen molar-refractivity contribution in [2.75, 3.05) is 11.1 Å². The second-order valence-corrected chi connectivity index (χ2v) is 4.85. The molecule has 0 aliphatic rings. The molecule has 1 aromatic heterocycles. The first-order valence-electron chi connectivity index (χ1n) is 6.42. The maximum Gasteiger partial charge on any atom is 0.158 e. The molecular weight excluding hydrogens is 284 g/mol. The molecule has 0 amide bonds. The third-order valence-corrected chi connectivity index (χ3v) is 3.39. The Balaban J connectivity index is 1.83. The summed E-state index contributed by atoms with van der Waals surface area (Å²) in [6.45, 7) is 0. The molecule has 3 aromatic rings. The molecule has 5 heteroatoms. The van der Waals surface area contributed by atoms with E-state index in [4.69, 9.17) is 17.3 Å². The van der Waals surface area contributed by atoms with Gasteiger partial charge in [0.15, 0.2) is 11.0 Å². The molecule has 0 bridgehead atoms. The molecule has 0 atom stereocenters. The quantitative estimate of drug-likeness (QED) is 0.714. The summed E-state index contributed by atoms with van der Waals surface area (Å²) in [6, 6.07) is 18.2. The summed E-state index contributed by atoms with van der Waals surface area (Å²) >= 11 is 5.87. The molecule has 4 nitrogen and oxygen atoms in total. The Bertz CT molecular complexity index is 742. The van der Waals surface area contributed by atoms with Gasteiger partial charge in [-0.25, -0.2) is 9.97 Å². The van der Waals surface area contributed by atoms with E-state index in [2.05, 4.69) is 27.4 Å². The lowest BCUT2D eigenvalue weighted by Crippen LogP contribution is -2.00. The summed E-state index contributed by atoms with van der Waals surface area (Å²) in [7, 11) is 0. The molecule has 0 unspecified atom stereocenters. The van der Waals surface area contributed by atoms with E-state index in [1.165, 1.54) is 11.9 Å². The van der Waals surface area contributed by atoms with Crippen LogP contribution in [0.15, 0.2) is 60.9 Å². The number of nitrogens with one attached hydrogen (secondary N) is 1. The number of aromatic nitrogens is 2. The molecule has 3 rings (SSSR count). The molecule has 0 aliphatic heterocycles. The van der Waals surface area contributed by atoms with Crippen LogP contribution in [0.4, 0.5) is 17.2 Å². The molecule has 2 aromatic carbocycles. The van der Waals surface area contributed by atoms with Gasteiger partial charge in [-0.2, -0.15) is 0 Å². The Kier molecular flexibility index (Phi) is 3.71. The smallest absolute Gasteiger partial charge is 0.158 e. The Morgan fingerprint density at radius 1 is 0.857 bits per heavy atom. The normalized spacial score (nSPS) is 10.3. The van der Waals surface area contributed by atoms with Crippen LogP contribution in [0.2, 0.25) is 5.15 Å². The SMILES string of the molecule is Nc1c(Cl)ncnc1Nc1ccc(-c2ccccc2)cc1. The van der Waals surface area contributed by atoms with E-state index in [-0.39, 0.29) is 5.15 Å². The van der Waals surface area contributed by atoms with E-state index in [0.717, 1.165) is 11.3 Å². The summed E-state index contributed by atoms with van der Waals surface area (Å²) in [5.41, 5.74) is 9.38. The Hall–Kier alpha value is -2.59. The first-order valence-corrected chi connectivity index (χ1v) is 6.80. The predicted molar refractivity (Wildman–Crippen MR) is 86.6 cm³/mol. The molecule has 1 heterocycles. The number of benzene rings is 2. The fraction of sp³-hybridized carbons (Fsp3) is 0. The van der Waals surface area contributed by atoms with Crippen molar-refractivity contribution in [1.82, 2.24) is 9.97 Å². The van der Waals surface area contributed by atoms with Gasteiger partial charge in [0.1, 0.15) is 12.0 Å². The minimum absolute atomic E-state index is 0.244.